The normalized spacial score (nSPS) is 18.6. The number of imidazole rings is 1. The molecule has 2 amide bonds. The SMILES string of the molecule is Cc1cn2cc(NC(=O)N3CCc4c(N5CCN[C@@H](C(C)(C)O)C5)ccnc43)c(F)cc2n1. The minimum atomic E-state index is -0.847. The summed E-state index contributed by atoms with van der Waals surface area (Å²) in [4.78, 5) is 25.6. The number of anilines is 3. The summed E-state index contributed by atoms with van der Waals surface area (Å²) in [5.41, 5.74) is 2.51. The second-order valence-corrected chi connectivity index (χ2v) is 9.25. The lowest BCUT2D eigenvalue weighted by Gasteiger charge is -2.41. The first-order valence-corrected chi connectivity index (χ1v) is 11.1. The predicted molar refractivity (Wildman–Crippen MR) is 124 cm³/mol. The Morgan fingerprint density at radius 1 is 1.33 bits per heavy atom. The molecule has 2 aliphatic rings. The molecule has 33 heavy (non-hydrogen) atoms. The standard InChI is InChI=1S/C23H28FN7O2/c1-14-11-30-12-17(16(24)10-20(30)27-14)28-22(32)31-8-5-15-18(4-6-26-21(15)31)29-9-7-25-19(13-29)23(2,3)33/h4,6,10-12,19,25,33H,5,7-9,13H2,1-3H3,(H,28,32)/t19-/m1/s1. The average Bonchev–Trinajstić information content (AvgIpc) is 3.35. The van der Waals surface area contributed by atoms with E-state index in [9.17, 15) is 14.3 Å². The van der Waals surface area contributed by atoms with Gasteiger partial charge < -0.3 is 25.0 Å². The molecule has 3 aromatic heterocycles. The van der Waals surface area contributed by atoms with Crippen LogP contribution in [-0.4, -0.2) is 63.3 Å². The van der Waals surface area contributed by atoms with E-state index in [-0.39, 0.29) is 11.7 Å². The molecule has 174 valence electrons. The van der Waals surface area contributed by atoms with Crippen molar-refractivity contribution in [1.29, 1.82) is 0 Å². The summed E-state index contributed by atoms with van der Waals surface area (Å²) < 4.78 is 16.3. The minimum Gasteiger partial charge on any atom is -0.389 e. The van der Waals surface area contributed by atoms with Gasteiger partial charge in [-0.15, -0.1) is 0 Å². The number of rotatable bonds is 3. The van der Waals surface area contributed by atoms with Crippen LogP contribution in [-0.2, 0) is 6.42 Å². The summed E-state index contributed by atoms with van der Waals surface area (Å²) >= 11 is 0. The number of nitrogens with one attached hydrogen (secondary N) is 2. The largest absolute Gasteiger partial charge is 0.389 e. The topological polar surface area (TPSA) is 98.0 Å². The number of nitrogens with zero attached hydrogens (tertiary/aromatic N) is 5. The number of amides is 2. The highest BCUT2D eigenvalue weighted by Crippen LogP contribution is 2.35. The first kappa shape index (κ1) is 21.6. The number of urea groups is 1. The highest BCUT2D eigenvalue weighted by Gasteiger charge is 2.34. The number of aryl methyl sites for hydroxylation is 1. The molecule has 1 fully saturated rings. The molecular weight excluding hydrogens is 425 g/mol. The van der Waals surface area contributed by atoms with Crippen molar-refractivity contribution in [1.82, 2.24) is 19.7 Å². The van der Waals surface area contributed by atoms with Crippen LogP contribution in [0.1, 0.15) is 25.1 Å². The van der Waals surface area contributed by atoms with Gasteiger partial charge in [-0.25, -0.2) is 19.2 Å². The lowest BCUT2D eigenvalue weighted by molar-refractivity contribution is 0.0364. The molecule has 0 aliphatic carbocycles. The van der Waals surface area contributed by atoms with Crippen molar-refractivity contribution in [3.05, 3.63) is 47.8 Å². The number of aliphatic hydroxyl groups is 1. The number of hydrogen-bond acceptors (Lipinski definition) is 6. The summed E-state index contributed by atoms with van der Waals surface area (Å²) in [5.74, 6) is 0.0457. The quantitative estimate of drug-likeness (QED) is 0.563. The Labute approximate surface area is 191 Å². The van der Waals surface area contributed by atoms with Crippen molar-refractivity contribution < 1.29 is 14.3 Å². The molecule has 0 saturated carbocycles. The number of halogens is 1. The maximum Gasteiger partial charge on any atom is 0.327 e. The highest BCUT2D eigenvalue weighted by molar-refractivity contribution is 6.03. The van der Waals surface area contributed by atoms with Gasteiger partial charge in [0.2, 0.25) is 0 Å². The van der Waals surface area contributed by atoms with Crippen LogP contribution in [0.4, 0.5) is 26.4 Å². The number of piperazine rings is 1. The molecule has 3 aromatic rings. The Kier molecular flexibility index (Phi) is 5.21. The predicted octanol–water partition coefficient (Wildman–Crippen LogP) is 2.32. The van der Waals surface area contributed by atoms with Crippen molar-refractivity contribution in [2.75, 3.05) is 41.3 Å². The van der Waals surface area contributed by atoms with Gasteiger partial charge in [-0.2, -0.15) is 0 Å². The van der Waals surface area contributed by atoms with Gasteiger partial charge in [0.05, 0.1) is 23.0 Å². The second kappa shape index (κ2) is 7.96. The molecule has 9 nitrogen and oxygen atoms in total. The van der Waals surface area contributed by atoms with E-state index in [1.165, 1.54) is 12.3 Å². The molecule has 0 spiro atoms. The fourth-order valence-electron chi connectivity index (χ4n) is 4.62. The fourth-order valence-corrected chi connectivity index (χ4v) is 4.62. The van der Waals surface area contributed by atoms with E-state index in [1.54, 1.807) is 35.5 Å². The summed E-state index contributed by atoms with van der Waals surface area (Å²) in [6, 6.07) is 2.77. The van der Waals surface area contributed by atoms with E-state index in [0.29, 0.717) is 31.0 Å². The summed E-state index contributed by atoms with van der Waals surface area (Å²) in [6.45, 7) is 8.10. The van der Waals surface area contributed by atoms with Crippen LogP contribution in [0.25, 0.3) is 5.65 Å². The molecule has 0 unspecified atom stereocenters. The summed E-state index contributed by atoms with van der Waals surface area (Å²) in [5, 5.41) is 16.5. The molecule has 2 aliphatic heterocycles. The Bertz CT molecular complexity index is 1220. The first-order chi connectivity index (χ1) is 15.7. The Balaban J connectivity index is 1.38. The first-order valence-electron chi connectivity index (χ1n) is 11.1. The van der Waals surface area contributed by atoms with Crippen LogP contribution in [0.3, 0.4) is 0 Å². The molecule has 5 heterocycles. The van der Waals surface area contributed by atoms with Crippen LogP contribution in [0.15, 0.2) is 30.7 Å². The molecule has 1 saturated heterocycles. The maximum absolute atomic E-state index is 14.6. The van der Waals surface area contributed by atoms with E-state index in [4.69, 9.17) is 0 Å². The third-order valence-electron chi connectivity index (χ3n) is 6.37. The van der Waals surface area contributed by atoms with Gasteiger partial charge in [0.15, 0.2) is 5.82 Å². The third kappa shape index (κ3) is 4.00. The van der Waals surface area contributed by atoms with Crippen LogP contribution in [0.2, 0.25) is 0 Å². The number of hydrogen-bond donors (Lipinski definition) is 3. The van der Waals surface area contributed by atoms with Crippen molar-refractivity contribution in [3.63, 3.8) is 0 Å². The monoisotopic (exact) mass is 453 g/mol. The number of carbonyl (C=O) groups excluding carboxylic acids is 1. The molecule has 3 N–H and O–H groups in total. The molecule has 0 aromatic carbocycles. The molecule has 1 atom stereocenters. The van der Waals surface area contributed by atoms with Crippen LogP contribution < -0.4 is 20.4 Å². The zero-order valence-electron chi connectivity index (χ0n) is 19.0. The van der Waals surface area contributed by atoms with E-state index >= 15 is 0 Å². The Hall–Kier alpha value is -3.24. The smallest absolute Gasteiger partial charge is 0.327 e. The van der Waals surface area contributed by atoms with Gasteiger partial charge >= 0.3 is 6.03 Å². The van der Waals surface area contributed by atoms with E-state index in [0.717, 1.165) is 30.0 Å². The Morgan fingerprint density at radius 3 is 2.94 bits per heavy atom. The minimum absolute atomic E-state index is 0.0689. The fraction of sp³-hybridized carbons (Fsp3) is 0.435. The second-order valence-electron chi connectivity index (χ2n) is 9.25. The summed E-state index contributed by atoms with van der Waals surface area (Å²) in [6.07, 6.45) is 5.66. The van der Waals surface area contributed by atoms with Crippen molar-refractivity contribution >= 4 is 28.9 Å². The van der Waals surface area contributed by atoms with Gasteiger partial charge in [0.25, 0.3) is 0 Å². The molecular formula is C23H28FN7O2. The van der Waals surface area contributed by atoms with Crippen molar-refractivity contribution in [2.45, 2.75) is 38.8 Å². The van der Waals surface area contributed by atoms with Crippen LogP contribution in [0, 0.1) is 12.7 Å². The number of aromatic nitrogens is 3. The van der Waals surface area contributed by atoms with E-state index in [2.05, 4.69) is 25.5 Å². The van der Waals surface area contributed by atoms with Crippen molar-refractivity contribution in [3.8, 4) is 0 Å². The Morgan fingerprint density at radius 2 is 2.15 bits per heavy atom. The number of pyridine rings is 2. The van der Waals surface area contributed by atoms with Gasteiger partial charge in [0, 0.05) is 62.1 Å². The molecule has 5 rings (SSSR count). The van der Waals surface area contributed by atoms with Gasteiger partial charge in [0.1, 0.15) is 11.5 Å². The lowest BCUT2D eigenvalue weighted by atomic mass is 9.96. The maximum atomic E-state index is 14.6. The van der Waals surface area contributed by atoms with Crippen LogP contribution in [0.5, 0.6) is 0 Å². The summed E-state index contributed by atoms with van der Waals surface area (Å²) in [7, 11) is 0. The van der Waals surface area contributed by atoms with E-state index < -0.39 is 17.4 Å². The molecule has 0 bridgehead atoms. The number of carbonyl (C=O) groups is 1. The lowest BCUT2D eigenvalue weighted by Crippen LogP contribution is -2.59. The zero-order valence-corrected chi connectivity index (χ0v) is 19.0. The average molecular weight is 454 g/mol. The molecule has 0 radical (unpaired) electrons. The molecule has 10 heteroatoms. The van der Waals surface area contributed by atoms with Crippen LogP contribution >= 0.6 is 0 Å². The van der Waals surface area contributed by atoms with Gasteiger partial charge in [-0.1, -0.05) is 0 Å². The zero-order chi connectivity index (χ0) is 23.3. The highest BCUT2D eigenvalue weighted by atomic mass is 19.1. The van der Waals surface area contributed by atoms with Crippen molar-refractivity contribution in [2.24, 2.45) is 0 Å². The van der Waals surface area contributed by atoms with E-state index in [1.807, 2.05) is 13.0 Å². The van der Waals surface area contributed by atoms with Gasteiger partial charge in [-0.05, 0) is 33.3 Å². The number of fused-ring (bicyclic) bond motifs is 2. The third-order valence-corrected chi connectivity index (χ3v) is 6.37. The van der Waals surface area contributed by atoms with Gasteiger partial charge in [-0.3, -0.25) is 4.90 Å².